The van der Waals surface area contributed by atoms with Crippen LogP contribution in [0, 0.1) is 0 Å². The lowest BCUT2D eigenvalue weighted by Gasteiger charge is -2.06. The Hall–Kier alpha value is -1.47. The first-order valence-electron chi connectivity index (χ1n) is 6.71. The summed E-state index contributed by atoms with van der Waals surface area (Å²) in [5.74, 6) is 0. The van der Waals surface area contributed by atoms with Crippen LogP contribution in [-0.2, 0) is 26.2 Å². The van der Waals surface area contributed by atoms with E-state index in [0.29, 0.717) is 13.1 Å². The minimum atomic E-state index is -2.38. The van der Waals surface area contributed by atoms with Crippen LogP contribution in [0.2, 0.25) is 0 Å². The summed E-state index contributed by atoms with van der Waals surface area (Å²) in [4.78, 5) is 0. The largest absolute Gasteiger partial charge is 0.305 e. The van der Waals surface area contributed by atoms with Crippen molar-refractivity contribution in [2.24, 2.45) is 0 Å². The molecule has 0 aliphatic heterocycles. The van der Waals surface area contributed by atoms with E-state index in [-0.39, 0.29) is 19.0 Å². The fourth-order valence-electron chi connectivity index (χ4n) is 1.98. The Morgan fingerprint density at radius 1 is 1.29 bits per heavy atom. The van der Waals surface area contributed by atoms with E-state index in [0.717, 1.165) is 24.4 Å². The maximum atomic E-state index is 12.2. The molecule has 0 radical (unpaired) electrons. The average molecular weight is 320 g/mol. The van der Waals surface area contributed by atoms with Crippen molar-refractivity contribution in [2.45, 2.75) is 45.9 Å². The highest BCUT2D eigenvalue weighted by atomic mass is 35.5. The minimum absolute atomic E-state index is 0. The van der Waals surface area contributed by atoms with E-state index >= 15 is 0 Å². The lowest BCUT2D eigenvalue weighted by atomic mass is 10.3. The summed E-state index contributed by atoms with van der Waals surface area (Å²) in [7, 11) is 0. The predicted octanol–water partition coefficient (Wildman–Crippen LogP) is 2.47. The van der Waals surface area contributed by atoms with Crippen molar-refractivity contribution in [3.05, 3.63) is 35.9 Å². The number of rotatable bonds is 8. The molecule has 1 N–H and O–H groups in total. The predicted molar refractivity (Wildman–Crippen MR) is 78.5 cm³/mol. The van der Waals surface area contributed by atoms with Gasteiger partial charge in [-0.05, 0) is 18.6 Å². The van der Waals surface area contributed by atoms with E-state index in [2.05, 4.69) is 22.4 Å². The fourth-order valence-corrected chi connectivity index (χ4v) is 1.98. The van der Waals surface area contributed by atoms with E-state index in [1.165, 1.54) is 4.68 Å². The quantitative estimate of drug-likeness (QED) is 0.813. The number of halogens is 3. The third kappa shape index (κ3) is 5.43. The van der Waals surface area contributed by atoms with Gasteiger partial charge in [0.15, 0.2) is 0 Å². The molecule has 0 saturated heterocycles. The van der Waals surface area contributed by atoms with Gasteiger partial charge in [0.1, 0.15) is 6.54 Å². The van der Waals surface area contributed by atoms with Gasteiger partial charge in [0.25, 0.3) is 6.43 Å². The zero-order valence-electron chi connectivity index (χ0n) is 11.9. The van der Waals surface area contributed by atoms with E-state index in [9.17, 15) is 8.78 Å². The summed E-state index contributed by atoms with van der Waals surface area (Å²) < 4.78 is 27.6. The summed E-state index contributed by atoms with van der Waals surface area (Å²) in [5.41, 5.74) is 1.87. The second kappa shape index (κ2) is 8.74. The first-order valence-corrected chi connectivity index (χ1v) is 6.71. The number of aryl methyl sites for hydroxylation is 1. The molecular formula is C13H20ClF2N5. The van der Waals surface area contributed by atoms with Gasteiger partial charge in [-0.15, -0.1) is 12.4 Å². The summed E-state index contributed by atoms with van der Waals surface area (Å²) >= 11 is 0. The maximum Gasteiger partial charge on any atom is 0.257 e. The van der Waals surface area contributed by atoms with Crippen LogP contribution in [0.25, 0.3) is 0 Å². The molecule has 0 saturated carbocycles. The lowest BCUT2D eigenvalue weighted by molar-refractivity contribution is 0.121. The van der Waals surface area contributed by atoms with E-state index in [1.54, 1.807) is 18.5 Å². The SMILES string of the molecule is CCCn1nccc1CNCc1ccn(CC(F)F)n1.Cl. The molecule has 2 aromatic heterocycles. The Balaban J connectivity index is 0.00000220. The molecule has 2 aromatic rings. The highest BCUT2D eigenvalue weighted by Crippen LogP contribution is 2.03. The summed E-state index contributed by atoms with van der Waals surface area (Å²) in [6.45, 7) is 3.88. The fraction of sp³-hybridized carbons (Fsp3) is 0.538. The topological polar surface area (TPSA) is 47.7 Å². The number of nitrogens with zero attached hydrogens (tertiary/aromatic N) is 4. The molecule has 5 nitrogen and oxygen atoms in total. The van der Waals surface area contributed by atoms with Gasteiger partial charge in [0.05, 0.1) is 11.4 Å². The number of alkyl halides is 2. The normalized spacial score (nSPS) is 10.9. The second-order valence-corrected chi connectivity index (χ2v) is 4.57. The zero-order valence-corrected chi connectivity index (χ0v) is 12.7. The zero-order chi connectivity index (χ0) is 14.4. The average Bonchev–Trinajstić information content (AvgIpc) is 3.00. The van der Waals surface area contributed by atoms with Crippen LogP contribution in [0.5, 0.6) is 0 Å². The number of hydrogen-bond acceptors (Lipinski definition) is 3. The molecule has 0 aliphatic rings. The molecule has 0 spiro atoms. The van der Waals surface area contributed by atoms with Crippen LogP contribution in [0.15, 0.2) is 24.5 Å². The summed E-state index contributed by atoms with van der Waals surface area (Å²) in [6, 6.07) is 3.72. The minimum Gasteiger partial charge on any atom is -0.305 e. The standard InChI is InChI=1S/C13H19F2N5.ClH/c1-2-6-20-12(3-5-17-20)9-16-8-11-4-7-19(18-11)10-13(14)15;/h3-5,7,13,16H,2,6,8-10H2,1H3;1H. The van der Waals surface area contributed by atoms with Gasteiger partial charge in [0.2, 0.25) is 0 Å². The highest BCUT2D eigenvalue weighted by molar-refractivity contribution is 5.85. The van der Waals surface area contributed by atoms with E-state index in [1.807, 2.05) is 10.7 Å². The Morgan fingerprint density at radius 2 is 2.10 bits per heavy atom. The van der Waals surface area contributed by atoms with Gasteiger partial charge < -0.3 is 5.32 Å². The van der Waals surface area contributed by atoms with Crippen LogP contribution in [0.4, 0.5) is 8.78 Å². The van der Waals surface area contributed by atoms with Crippen molar-refractivity contribution in [1.29, 1.82) is 0 Å². The van der Waals surface area contributed by atoms with Gasteiger partial charge in [-0.3, -0.25) is 9.36 Å². The van der Waals surface area contributed by atoms with Crippen LogP contribution in [0.1, 0.15) is 24.7 Å². The molecule has 21 heavy (non-hydrogen) atoms. The molecule has 0 amide bonds. The number of hydrogen-bond donors (Lipinski definition) is 1. The molecule has 0 aliphatic carbocycles. The second-order valence-electron chi connectivity index (χ2n) is 4.57. The van der Waals surface area contributed by atoms with Gasteiger partial charge in [-0.1, -0.05) is 6.92 Å². The van der Waals surface area contributed by atoms with Crippen molar-refractivity contribution in [2.75, 3.05) is 0 Å². The number of aromatic nitrogens is 4. The molecule has 0 bridgehead atoms. The third-order valence-electron chi connectivity index (χ3n) is 2.87. The third-order valence-corrected chi connectivity index (χ3v) is 2.87. The monoisotopic (exact) mass is 319 g/mol. The van der Waals surface area contributed by atoms with E-state index < -0.39 is 6.43 Å². The number of nitrogens with one attached hydrogen (secondary N) is 1. The van der Waals surface area contributed by atoms with Crippen molar-refractivity contribution >= 4 is 12.4 Å². The Morgan fingerprint density at radius 3 is 2.81 bits per heavy atom. The van der Waals surface area contributed by atoms with Crippen LogP contribution in [0.3, 0.4) is 0 Å². The van der Waals surface area contributed by atoms with Crippen molar-refractivity contribution in [1.82, 2.24) is 24.9 Å². The molecule has 0 aromatic carbocycles. The first kappa shape index (κ1) is 17.6. The van der Waals surface area contributed by atoms with Crippen LogP contribution in [-0.4, -0.2) is 26.0 Å². The van der Waals surface area contributed by atoms with E-state index in [4.69, 9.17) is 0 Å². The van der Waals surface area contributed by atoms with Crippen LogP contribution >= 0.6 is 12.4 Å². The Bertz CT molecular complexity index is 526. The molecule has 2 heterocycles. The maximum absolute atomic E-state index is 12.2. The molecule has 8 heteroatoms. The molecule has 2 rings (SSSR count). The van der Waals surface area contributed by atoms with Crippen molar-refractivity contribution in [3.63, 3.8) is 0 Å². The Labute approximate surface area is 128 Å². The Kier molecular flexibility index (Phi) is 7.31. The van der Waals surface area contributed by atoms with Gasteiger partial charge >= 0.3 is 0 Å². The molecule has 0 fully saturated rings. The van der Waals surface area contributed by atoms with Crippen LogP contribution < -0.4 is 5.32 Å². The van der Waals surface area contributed by atoms with Gasteiger partial charge in [-0.2, -0.15) is 10.2 Å². The summed E-state index contributed by atoms with van der Waals surface area (Å²) in [5, 5.41) is 11.6. The molecule has 0 atom stereocenters. The van der Waals surface area contributed by atoms with Gasteiger partial charge in [0, 0.05) is 32.0 Å². The van der Waals surface area contributed by atoms with Crippen molar-refractivity contribution in [3.8, 4) is 0 Å². The lowest BCUT2D eigenvalue weighted by Crippen LogP contribution is -2.17. The summed E-state index contributed by atoms with van der Waals surface area (Å²) in [6.07, 6.45) is 2.01. The molecule has 0 unspecified atom stereocenters. The first-order chi connectivity index (χ1) is 9.69. The smallest absolute Gasteiger partial charge is 0.257 e. The van der Waals surface area contributed by atoms with Crippen molar-refractivity contribution < 1.29 is 8.78 Å². The van der Waals surface area contributed by atoms with Gasteiger partial charge in [-0.25, -0.2) is 8.78 Å². The molecule has 118 valence electrons. The highest BCUT2D eigenvalue weighted by Gasteiger charge is 2.06. The molecular weight excluding hydrogens is 300 g/mol.